The smallest absolute Gasteiger partial charge is 0.142 e. The highest BCUT2D eigenvalue weighted by Crippen LogP contribution is 2.04. The molecule has 15 heavy (non-hydrogen) atoms. The molecule has 0 bridgehead atoms. The van der Waals surface area contributed by atoms with E-state index in [9.17, 15) is 4.79 Å². The molecule has 0 saturated heterocycles. The van der Waals surface area contributed by atoms with Gasteiger partial charge in [-0.05, 0) is 23.8 Å². The van der Waals surface area contributed by atoms with Crippen LogP contribution in [-0.4, -0.2) is 12.0 Å². The Morgan fingerprint density at radius 3 is 2.60 bits per heavy atom. The maximum absolute atomic E-state index is 10.1. The lowest BCUT2D eigenvalue weighted by Gasteiger charge is -1.92. The summed E-state index contributed by atoms with van der Waals surface area (Å²) in [6.07, 6.45) is 4.80. The van der Waals surface area contributed by atoms with E-state index >= 15 is 0 Å². The molecule has 1 nitrogen and oxygen atoms in total. The molecule has 0 radical (unpaired) electrons. The van der Waals surface area contributed by atoms with Crippen LogP contribution in [0.15, 0.2) is 30.3 Å². The van der Waals surface area contributed by atoms with Crippen LogP contribution in [0.25, 0.3) is 6.08 Å². The Morgan fingerprint density at radius 1 is 1.27 bits per heavy atom. The number of carbonyl (C=O) groups excluding carboxylic acids is 1. The van der Waals surface area contributed by atoms with Gasteiger partial charge in [-0.1, -0.05) is 30.0 Å². The molecule has 1 aromatic carbocycles. The Labute approximate surface area is 95.6 Å². The summed E-state index contributed by atoms with van der Waals surface area (Å²) in [5.41, 5.74) is 1.99. The topological polar surface area (TPSA) is 17.1 Å². The molecule has 0 N–H and O–H groups in total. The summed E-state index contributed by atoms with van der Waals surface area (Å²) in [7, 11) is 0. The number of allylic oxidation sites excluding steroid dienone is 1. The van der Waals surface area contributed by atoms with Gasteiger partial charge in [0.2, 0.25) is 0 Å². The van der Waals surface area contributed by atoms with Crippen LogP contribution in [-0.2, 0) is 4.79 Å². The third-order valence-corrected chi connectivity index (χ3v) is 1.97. The lowest BCUT2D eigenvalue weighted by Crippen LogP contribution is -1.76. The summed E-state index contributed by atoms with van der Waals surface area (Å²) in [6, 6.07) is 7.75. The molecule has 0 aliphatic rings. The number of thiol groups is 1. The first kappa shape index (κ1) is 11.6. The van der Waals surface area contributed by atoms with Crippen molar-refractivity contribution in [3.8, 4) is 11.8 Å². The van der Waals surface area contributed by atoms with E-state index in [0.717, 1.165) is 29.6 Å². The van der Waals surface area contributed by atoms with E-state index in [1.807, 2.05) is 24.3 Å². The van der Waals surface area contributed by atoms with Crippen LogP contribution in [0.1, 0.15) is 17.5 Å². The first-order chi connectivity index (χ1) is 7.36. The molecule has 2 heteroatoms. The number of benzene rings is 1. The van der Waals surface area contributed by atoms with Gasteiger partial charge in [0.05, 0.1) is 0 Å². The summed E-state index contributed by atoms with van der Waals surface area (Å²) in [5.74, 6) is 6.83. The number of hydrogen-bond donors (Lipinski definition) is 1. The maximum Gasteiger partial charge on any atom is 0.142 e. The predicted molar refractivity (Wildman–Crippen MR) is 66.9 cm³/mol. The van der Waals surface area contributed by atoms with Gasteiger partial charge in [0.25, 0.3) is 0 Å². The Bertz CT molecular complexity index is 393. The zero-order valence-electron chi connectivity index (χ0n) is 8.31. The van der Waals surface area contributed by atoms with Crippen molar-refractivity contribution in [2.24, 2.45) is 0 Å². The number of carbonyl (C=O) groups is 1. The number of aldehydes is 1. The lowest BCUT2D eigenvalue weighted by molar-refractivity contribution is -0.104. The maximum atomic E-state index is 10.1. The minimum Gasteiger partial charge on any atom is -0.299 e. The molecular formula is C13H12OS. The zero-order chi connectivity index (χ0) is 10.9. The Hall–Kier alpha value is -1.46. The number of rotatable bonds is 3. The van der Waals surface area contributed by atoms with Crippen molar-refractivity contribution in [3.63, 3.8) is 0 Å². The van der Waals surface area contributed by atoms with Gasteiger partial charge in [0.1, 0.15) is 6.29 Å². The van der Waals surface area contributed by atoms with E-state index in [0.29, 0.717) is 0 Å². The van der Waals surface area contributed by atoms with Gasteiger partial charge in [0, 0.05) is 17.7 Å². The highest BCUT2D eigenvalue weighted by molar-refractivity contribution is 7.80. The summed E-state index contributed by atoms with van der Waals surface area (Å²) < 4.78 is 0. The first-order valence-corrected chi connectivity index (χ1v) is 5.31. The number of hydrogen-bond acceptors (Lipinski definition) is 2. The van der Waals surface area contributed by atoms with E-state index < -0.39 is 0 Å². The van der Waals surface area contributed by atoms with Crippen LogP contribution in [0.4, 0.5) is 0 Å². The fourth-order valence-corrected chi connectivity index (χ4v) is 1.16. The van der Waals surface area contributed by atoms with E-state index in [-0.39, 0.29) is 0 Å². The van der Waals surface area contributed by atoms with E-state index in [2.05, 4.69) is 24.5 Å². The van der Waals surface area contributed by atoms with Gasteiger partial charge < -0.3 is 0 Å². The molecule has 0 amide bonds. The fourth-order valence-electron chi connectivity index (χ4n) is 1.05. The molecule has 0 heterocycles. The van der Waals surface area contributed by atoms with Crippen LogP contribution < -0.4 is 0 Å². The minimum absolute atomic E-state index is 0.764. The first-order valence-electron chi connectivity index (χ1n) is 4.68. The summed E-state index contributed by atoms with van der Waals surface area (Å²) in [6.45, 7) is 0. The Kier molecular flexibility index (Phi) is 5.35. The summed E-state index contributed by atoms with van der Waals surface area (Å²) >= 11 is 4.08. The van der Waals surface area contributed by atoms with Crippen LogP contribution >= 0.6 is 12.6 Å². The minimum atomic E-state index is 0.764. The van der Waals surface area contributed by atoms with Gasteiger partial charge in [-0.3, -0.25) is 4.79 Å². The normalized spacial score (nSPS) is 9.67. The molecule has 0 atom stereocenters. The Morgan fingerprint density at radius 2 is 2.00 bits per heavy atom. The van der Waals surface area contributed by atoms with E-state index in [1.165, 1.54) is 6.08 Å². The monoisotopic (exact) mass is 216 g/mol. The van der Waals surface area contributed by atoms with Gasteiger partial charge >= 0.3 is 0 Å². The molecule has 1 rings (SSSR count). The zero-order valence-corrected chi connectivity index (χ0v) is 9.21. The molecule has 0 aliphatic heterocycles. The predicted octanol–water partition coefficient (Wildman–Crippen LogP) is 2.57. The van der Waals surface area contributed by atoms with Crippen molar-refractivity contribution in [3.05, 3.63) is 41.5 Å². The highest BCUT2D eigenvalue weighted by atomic mass is 32.1. The van der Waals surface area contributed by atoms with Gasteiger partial charge in [-0.15, -0.1) is 0 Å². The SMILES string of the molecule is O=C/C=C/c1ccc(C#CCCS)cc1. The molecule has 76 valence electrons. The standard InChI is InChI=1S/C13H12OS/c14-10-3-5-13-8-6-12(7-9-13)4-1-2-11-15/h3,5-10,15H,2,11H2/b5-3+. The summed E-state index contributed by atoms with van der Waals surface area (Å²) in [4.78, 5) is 10.1. The van der Waals surface area contributed by atoms with Gasteiger partial charge in [-0.25, -0.2) is 0 Å². The average Bonchev–Trinajstić information content (AvgIpc) is 2.28. The average molecular weight is 216 g/mol. The molecule has 0 saturated carbocycles. The van der Waals surface area contributed by atoms with Crippen LogP contribution in [0.2, 0.25) is 0 Å². The molecule has 1 aromatic rings. The Balaban J connectivity index is 2.69. The lowest BCUT2D eigenvalue weighted by atomic mass is 10.1. The second-order valence-corrected chi connectivity index (χ2v) is 3.34. The third-order valence-electron chi connectivity index (χ3n) is 1.75. The van der Waals surface area contributed by atoms with Crippen LogP contribution in [0.3, 0.4) is 0 Å². The second-order valence-electron chi connectivity index (χ2n) is 2.89. The molecule has 0 spiro atoms. The van der Waals surface area contributed by atoms with Crippen molar-refractivity contribution >= 4 is 25.0 Å². The van der Waals surface area contributed by atoms with Crippen molar-refractivity contribution in [1.82, 2.24) is 0 Å². The van der Waals surface area contributed by atoms with Crippen molar-refractivity contribution in [2.75, 3.05) is 5.75 Å². The second kappa shape index (κ2) is 6.92. The largest absolute Gasteiger partial charge is 0.299 e. The quantitative estimate of drug-likeness (QED) is 0.356. The fraction of sp³-hybridized carbons (Fsp3) is 0.154. The molecule has 0 aromatic heterocycles. The van der Waals surface area contributed by atoms with Gasteiger partial charge in [-0.2, -0.15) is 12.6 Å². The van der Waals surface area contributed by atoms with E-state index in [1.54, 1.807) is 6.08 Å². The molecule has 0 aliphatic carbocycles. The van der Waals surface area contributed by atoms with E-state index in [4.69, 9.17) is 0 Å². The third kappa shape index (κ3) is 4.53. The molecule has 0 unspecified atom stereocenters. The molecular weight excluding hydrogens is 204 g/mol. The van der Waals surface area contributed by atoms with Crippen LogP contribution in [0, 0.1) is 11.8 Å². The van der Waals surface area contributed by atoms with Crippen LogP contribution in [0.5, 0.6) is 0 Å². The van der Waals surface area contributed by atoms with Gasteiger partial charge in [0.15, 0.2) is 0 Å². The van der Waals surface area contributed by atoms with Crippen molar-refractivity contribution < 1.29 is 4.79 Å². The molecule has 0 fully saturated rings. The van der Waals surface area contributed by atoms with Crippen molar-refractivity contribution in [1.29, 1.82) is 0 Å². The summed E-state index contributed by atoms with van der Waals surface area (Å²) in [5, 5.41) is 0. The highest BCUT2D eigenvalue weighted by Gasteiger charge is 1.87. The van der Waals surface area contributed by atoms with Crippen molar-refractivity contribution in [2.45, 2.75) is 6.42 Å².